The number of carbonyl (C=O) groups is 1. The first-order valence-electron chi connectivity index (χ1n) is 9.48. The minimum atomic E-state index is -0.125. The molecule has 0 aromatic heterocycles. The first-order valence-corrected chi connectivity index (χ1v) is 9.48. The molecule has 0 aliphatic carbocycles. The van der Waals surface area contributed by atoms with Crippen molar-refractivity contribution in [1.29, 1.82) is 0 Å². The van der Waals surface area contributed by atoms with Crippen LogP contribution < -0.4 is 19.5 Å². The molecule has 0 aliphatic rings. The van der Waals surface area contributed by atoms with Crippen molar-refractivity contribution in [3.8, 4) is 17.2 Å². The molecule has 146 valence electrons. The van der Waals surface area contributed by atoms with Gasteiger partial charge in [0.15, 0.2) is 11.5 Å². The minimum absolute atomic E-state index is 0.125. The molecular weight excluding hydrogens is 342 g/mol. The highest BCUT2D eigenvalue weighted by molar-refractivity contribution is 5.94. The van der Waals surface area contributed by atoms with Crippen molar-refractivity contribution < 1.29 is 19.0 Å². The van der Waals surface area contributed by atoms with Crippen LogP contribution in [0.15, 0.2) is 42.5 Å². The fraction of sp³-hybridized carbons (Fsp3) is 0.409. The summed E-state index contributed by atoms with van der Waals surface area (Å²) in [5.74, 6) is 2.05. The SMILES string of the molecule is CCCCOc1ccc(C(=O)NCc2ccc(OCCC)c(OC)c2)cc1. The molecule has 0 saturated heterocycles. The van der Waals surface area contributed by atoms with Crippen LogP contribution in [0.2, 0.25) is 0 Å². The van der Waals surface area contributed by atoms with Crippen LogP contribution >= 0.6 is 0 Å². The fourth-order valence-electron chi connectivity index (χ4n) is 2.47. The van der Waals surface area contributed by atoms with E-state index in [1.54, 1.807) is 19.2 Å². The maximum absolute atomic E-state index is 12.3. The zero-order chi connectivity index (χ0) is 19.5. The van der Waals surface area contributed by atoms with Crippen LogP contribution in [0.1, 0.15) is 49.0 Å². The molecule has 0 saturated carbocycles. The molecule has 1 N–H and O–H groups in total. The summed E-state index contributed by atoms with van der Waals surface area (Å²) in [7, 11) is 1.61. The Bertz CT molecular complexity index is 713. The Morgan fingerprint density at radius 2 is 1.70 bits per heavy atom. The second-order valence-corrected chi connectivity index (χ2v) is 6.24. The van der Waals surface area contributed by atoms with Crippen molar-refractivity contribution in [1.82, 2.24) is 5.32 Å². The van der Waals surface area contributed by atoms with E-state index < -0.39 is 0 Å². The number of benzene rings is 2. The lowest BCUT2D eigenvalue weighted by Gasteiger charge is -2.12. The molecule has 2 aromatic carbocycles. The van der Waals surface area contributed by atoms with Gasteiger partial charge in [0.25, 0.3) is 5.91 Å². The Morgan fingerprint density at radius 3 is 2.37 bits per heavy atom. The Balaban J connectivity index is 1.90. The van der Waals surface area contributed by atoms with Crippen LogP contribution in [0.4, 0.5) is 0 Å². The number of hydrogen-bond donors (Lipinski definition) is 1. The van der Waals surface area contributed by atoms with Crippen LogP contribution in [0, 0.1) is 0 Å². The van der Waals surface area contributed by atoms with Crippen molar-refractivity contribution >= 4 is 5.91 Å². The third kappa shape index (κ3) is 6.51. The maximum atomic E-state index is 12.3. The van der Waals surface area contributed by atoms with Crippen LogP contribution in [-0.4, -0.2) is 26.2 Å². The van der Waals surface area contributed by atoms with Crippen LogP contribution in [0.3, 0.4) is 0 Å². The molecule has 1 amide bonds. The quantitative estimate of drug-likeness (QED) is 0.587. The molecule has 5 nitrogen and oxygen atoms in total. The van der Waals surface area contributed by atoms with Gasteiger partial charge in [-0.2, -0.15) is 0 Å². The molecule has 2 aromatic rings. The molecule has 0 heterocycles. The molecule has 0 unspecified atom stereocenters. The van der Waals surface area contributed by atoms with Gasteiger partial charge in [-0.25, -0.2) is 0 Å². The van der Waals surface area contributed by atoms with Gasteiger partial charge in [0.2, 0.25) is 0 Å². The van der Waals surface area contributed by atoms with E-state index in [4.69, 9.17) is 14.2 Å². The molecule has 5 heteroatoms. The summed E-state index contributed by atoms with van der Waals surface area (Å²) in [6, 6.07) is 12.9. The Kier molecular flexibility index (Phi) is 8.49. The second kappa shape index (κ2) is 11.1. The number of rotatable bonds is 11. The summed E-state index contributed by atoms with van der Waals surface area (Å²) in [5, 5.41) is 2.92. The average molecular weight is 371 g/mol. The van der Waals surface area contributed by atoms with Crippen LogP contribution in [0.5, 0.6) is 17.2 Å². The first-order chi connectivity index (χ1) is 13.2. The average Bonchev–Trinajstić information content (AvgIpc) is 2.71. The van der Waals surface area contributed by atoms with Gasteiger partial charge in [-0.05, 0) is 54.8 Å². The Hall–Kier alpha value is -2.69. The second-order valence-electron chi connectivity index (χ2n) is 6.24. The number of unbranched alkanes of at least 4 members (excludes halogenated alkanes) is 1. The van der Waals surface area contributed by atoms with Crippen LogP contribution in [0.25, 0.3) is 0 Å². The van der Waals surface area contributed by atoms with E-state index in [0.29, 0.717) is 36.8 Å². The Labute approximate surface area is 161 Å². The van der Waals surface area contributed by atoms with Crippen molar-refractivity contribution in [3.63, 3.8) is 0 Å². The topological polar surface area (TPSA) is 56.8 Å². The van der Waals surface area contributed by atoms with Gasteiger partial charge in [-0.1, -0.05) is 26.3 Å². The number of ether oxygens (including phenoxy) is 3. The number of hydrogen-bond acceptors (Lipinski definition) is 4. The lowest BCUT2D eigenvalue weighted by atomic mass is 10.1. The van der Waals surface area contributed by atoms with Crippen molar-refractivity contribution in [3.05, 3.63) is 53.6 Å². The van der Waals surface area contributed by atoms with Gasteiger partial charge in [0.05, 0.1) is 20.3 Å². The highest BCUT2D eigenvalue weighted by Gasteiger charge is 2.09. The third-order valence-electron chi connectivity index (χ3n) is 4.03. The van der Waals surface area contributed by atoms with Gasteiger partial charge in [-0.3, -0.25) is 4.79 Å². The molecule has 27 heavy (non-hydrogen) atoms. The maximum Gasteiger partial charge on any atom is 0.251 e. The third-order valence-corrected chi connectivity index (χ3v) is 4.03. The minimum Gasteiger partial charge on any atom is -0.494 e. The predicted molar refractivity (Wildman–Crippen MR) is 107 cm³/mol. The number of carbonyl (C=O) groups excluding carboxylic acids is 1. The van der Waals surface area contributed by atoms with Crippen molar-refractivity contribution in [2.24, 2.45) is 0 Å². The Morgan fingerprint density at radius 1 is 0.926 bits per heavy atom. The summed E-state index contributed by atoms with van der Waals surface area (Å²) < 4.78 is 16.6. The van der Waals surface area contributed by atoms with Gasteiger partial charge in [-0.15, -0.1) is 0 Å². The molecule has 2 rings (SSSR count). The number of methoxy groups -OCH3 is 1. The molecule has 0 bridgehead atoms. The largest absolute Gasteiger partial charge is 0.494 e. The normalized spacial score (nSPS) is 10.3. The summed E-state index contributed by atoms with van der Waals surface area (Å²) in [5.41, 5.74) is 1.55. The van der Waals surface area contributed by atoms with Gasteiger partial charge in [0, 0.05) is 12.1 Å². The van der Waals surface area contributed by atoms with Gasteiger partial charge < -0.3 is 19.5 Å². The lowest BCUT2D eigenvalue weighted by molar-refractivity contribution is 0.0951. The fourth-order valence-corrected chi connectivity index (χ4v) is 2.47. The smallest absolute Gasteiger partial charge is 0.251 e. The summed E-state index contributed by atoms with van der Waals surface area (Å²) in [6.45, 7) is 5.93. The van der Waals surface area contributed by atoms with E-state index in [-0.39, 0.29) is 5.91 Å². The van der Waals surface area contributed by atoms with E-state index in [1.165, 1.54) is 0 Å². The summed E-state index contributed by atoms with van der Waals surface area (Å²) in [4.78, 5) is 12.3. The molecule has 0 aliphatic heterocycles. The first kappa shape index (κ1) is 20.6. The van der Waals surface area contributed by atoms with Crippen molar-refractivity contribution in [2.45, 2.75) is 39.7 Å². The zero-order valence-electron chi connectivity index (χ0n) is 16.4. The monoisotopic (exact) mass is 371 g/mol. The molecule has 0 radical (unpaired) electrons. The lowest BCUT2D eigenvalue weighted by Crippen LogP contribution is -2.22. The highest BCUT2D eigenvalue weighted by Crippen LogP contribution is 2.28. The van der Waals surface area contributed by atoms with Gasteiger partial charge >= 0.3 is 0 Å². The van der Waals surface area contributed by atoms with E-state index >= 15 is 0 Å². The predicted octanol–water partition coefficient (Wildman–Crippen LogP) is 4.59. The van der Waals surface area contributed by atoms with E-state index in [2.05, 4.69) is 19.2 Å². The van der Waals surface area contributed by atoms with Gasteiger partial charge in [0.1, 0.15) is 5.75 Å². The number of amides is 1. The van der Waals surface area contributed by atoms with Crippen molar-refractivity contribution in [2.75, 3.05) is 20.3 Å². The van der Waals surface area contributed by atoms with E-state index in [0.717, 1.165) is 30.6 Å². The molecule has 0 atom stereocenters. The number of nitrogens with one attached hydrogen (secondary N) is 1. The van der Waals surface area contributed by atoms with Crippen LogP contribution in [-0.2, 0) is 6.54 Å². The van der Waals surface area contributed by atoms with E-state index in [9.17, 15) is 4.79 Å². The molecular formula is C22H29NO4. The highest BCUT2D eigenvalue weighted by atomic mass is 16.5. The standard InChI is InChI=1S/C22H29NO4/c1-4-6-14-26-19-10-8-18(9-11-19)22(24)23-16-17-7-12-20(27-13-5-2)21(15-17)25-3/h7-12,15H,4-6,13-14,16H2,1-3H3,(H,23,24). The van der Waals surface area contributed by atoms with E-state index in [1.807, 2.05) is 30.3 Å². The molecule has 0 spiro atoms. The molecule has 0 fully saturated rings. The summed E-state index contributed by atoms with van der Waals surface area (Å²) in [6.07, 6.45) is 3.05. The zero-order valence-corrected chi connectivity index (χ0v) is 16.4. The summed E-state index contributed by atoms with van der Waals surface area (Å²) >= 11 is 0.